The van der Waals surface area contributed by atoms with Crippen LogP contribution < -0.4 is 0 Å². The summed E-state index contributed by atoms with van der Waals surface area (Å²) in [5, 5.41) is 17.7. The molecule has 0 spiro atoms. The lowest BCUT2D eigenvalue weighted by Crippen LogP contribution is -2.28. The summed E-state index contributed by atoms with van der Waals surface area (Å²) in [4.78, 5) is 14.6. The molecule has 32 heavy (non-hydrogen) atoms. The number of hydrogen-bond acceptors (Lipinski definition) is 3. The molecule has 4 rings (SSSR count). The monoisotopic (exact) mass is 425 g/mol. The Bertz CT molecular complexity index is 1170. The summed E-state index contributed by atoms with van der Waals surface area (Å²) < 4.78 is 0. The summed E-state index contributed by atoms with van der Waals surface area (Å²) in [6, 6.07) is 27.4. The molecule has 3 aromatic carbocycles. The van der Waals surface area contributed by atoms with Crippen molar-refractivity contribution in [3.8, 4) is 17.0 Å². The Hall–Kier alpha value is -3.86. The highest BCUT2D eigenvalue weighted by Gasteiger charge is 2.16. The first-order chi connectivity index (χ1) is 15.6. The molecule has 1 amide bonds. The van der Waals surface area contributed by atoms with Crippen molar-refractivity contribution in [2.75, 3.05) is 13.6 Å². The first kappa shape index (κ1) is 21.4. The van der Waals surface area contributed by atoms with Gasteiger partial charge < -0.3 is 10.0 Å². The largest absolute Gasteiger partial charge is 0.507 e. The molecule has 0 bridgehead atoms. The fraction of sp³-hybridized carbons (Fsp3) is 0.185. The van der Waals surface area contributed by atoms with E-state index in [-0.39, 0.29) is 11.7 Å². The first-order valence-corrected chi connectivity index (χ1v) is 10.8. The predicted octanol–water partition coefficient (Wildman–Crippen LogP) is 5.08. The van der Waals surface area contributed by atoms with E-state index in [0.29, 0.717) is 18.5 Å². The highest BCUT2D eigenvalue weighted by molar-refractivity contribution is 5.96. The Kier molecular flexibility index (Phi) is 6.66. The Morgan fingerprint density at radius 3 is 2.41 bits per heavy atom. The zero-order chi connectivity index (χ0) is 22.3. The SMILES string of the molecule is CN(CCCc1cc(-c2ccccc2)n[nH]1)C(=O)c1cc(Cc2ccccc2)ccc1O. The molecule has 1 heterocycles. The summed E-state index contributed by atoms with van der Waals surface area (Å²) in [7, 11) is 1.77. The molecule has 0 fully saturated rings. The minimum Gasteiger partial charge on any atom is -0.507 e. The second kappa shape index (κ2) is 9.96. The Labute approximate surface area is 188 Å². The van der Waals surface area contributed by atoms with Crippen molar-refractivity contribution in [1.82, 2.24) is 15.1 Å². The molecule has 1 aromatic heterocycles. The van der Waals surface area contributed by atoms with E-state index in [1.807, 2.05) is 54.6 Å². The van der Waals surface area contributed by atoms with E-state index in [1.54, 1.807) is 24.1 Å². The summed E-state index contributed by atoms with van der Waals surface area (Å²) in [6.45, 7) is 0.584. The highest BCUT2D eigenvalue weighted by atomic mass is 16.3. The van der Waals surface area contributed by atoms with Crippen LogP contribution in [0.15, 0.2) is 84.9 Å². The third kappa shape index (κ3) is 5.24. The zero-order valence-electron chi connectivity index (χ0n) is 18.2. The third-order valence-electron chi connectivity index (χ3n) is 5.53. The zero-order valence-corrected chi connectivity index (χ0v) is 18.2. The van der Waals surface area contributed by atoms with Gasteiger partial charge in [-0.1, -0.05) is 66.7 Å². The minimum absolute atomic E-state index is 0.0136. The van der Waals surface area contributed by atoms with Gasteiger partial charge in [0.25, 0.3) is 5.91 Å². The molecular weight excluding hydrogens is 398 g/mol. The van der Waals surface area contributed by atoms with E-state index >= 15 is 0 Å². The molecule has 0 radical (unpaired) electrons. The quantitative estimate of drug-likeness (QED) is 0.414. The van der Waals surface area contributed by atoms with Crippen molar-refractivity contribution in [3.05, 3.63) is 107 Å². The minimum atomic E-state index is -0.174. The summed E-state index contributed by atoms with van der Waals surface area (Å²) in [5.41, 5.74) is 5.54. The molecule has 0 unspecified atom stereocenters. The molecule has 0 aliphatic heterocycles. The molecule has 0 atom stereocenters. The summed E-state index contributed by atoms with van der Waals surface area (Å²) >= 11 is 0. The average molecular weight is 426 g/mol. The molecule has 0 saturated carbocycles. The van der Waals surface area contributed by atoms with Crippen molar-refractivity contribution in [3.63, 3.8) is 0 Å². The second-order valence-electron chi connectivity index (χ2n) is 7.99. The summed E-state index contributed by atoms with van der Waals surface area (Å²) in [6.07, 6.45) is 2.30. The normalized spacial score (nSPS) is 10.8. The van der Waals surface area contributed by atoms with E-state index in [9.17, 15) is 9.90 Å². The predicted molar refractivity (Wildman–Crippen MR) is 127 cm³/mol. The summed E-state index contributed by atoms with van der Waals surface area (Å²) in [5.74, 6) is -0.160. The van der Waals surface area contributed by atoms with Gasteiger partial charge in [0.05, 0.1) is 11.3 Å². The molecule has 5 nitrogen and oxygen atoms in total. The molecular formula is C27H27N3O2. The number of carbonyl (C=O) groups excluding carboxylic acids is 1. The van der Waals surface area contributed by atoms with Gasteiger partial charge in [0.1, 0.15) is 5.75 Å². The molecule has 0 aliphatic carbocycles. The second-order valence-corrected chi connectivity index (χ2v) is 7.99. The van der Waals surface area contributed by atoms with Gasteiger partial charge in [-0.05, 0) is 48.6 Å². The number of H-pyrrole nitrogens is 1. The Morgan fingerprint density at radius 1 is 0.938 bits per heavy atom. The number of hydrogen-bond donors (Lipinski definition) is 2. The third-order valence-corrected chi connectivity index (χ3v) is 5.53. The Balaban J connectivity index is 1.35. The molecule has 2 N–H and O–H groups in total. The fourth-order valence-corrected chi connectivity index (χ4v) is 3.76. The van der Waals surface area contributed by atoms with Crippen molar-refractivity contribution in [2.45, 2.75) is 19.3 Å². The van der Waals surface area contributed by atoms with Gasteiger partial charge in [-0.3, -0.25) is 9.89 Å². The maximum absolute atomic E-state index is 12.9. The van der Waals surface area contributed by atoms with Gasteiger partial charge in [-0.2, -0.15) is 5.10 Å². The van der Waals surface area contributed by atoms with E-state index < -0.39 is 0 Å². The maximum Gasteiger partial charge on any atom is 0.257 e. The standard InChI is InChI=1S/C27H27N3O2/c1-30(16-8-13-23-19-25(29-28-23)22-11-6-3-7-12-22)27(32)24-18-21(14-15-26(24)31)17-20-9-4-2-5-10-20/h2-7,9-12,14-15,18-19,31H,8,13,16-17H2,1H3,(H,28,29). The number of nitrogens with one attached hydrogen (secondary N) is 1. The van der Waals surface area contributed by atoms with Crippen LogP contribution in [0, 0.1) is 0 Å². The van der Waals surface area contributed by atoms with Gasteiger partial charge in [0, 0.05) is 24.8 Å². The van der Waals surface area contributed by atoms with Crippen LogP contribution in [0.3, 0.4) is 0 Å². The van der Waals surface area contributed by atoms with Crippen LogP contribution in [0.4, 0.5) is 0 Å². The number of carbonyl (C=O) groups is 1. The number of phenols is 1. The molecule has 4 aromatic rings. The van der Waals surface area contributed by atoms with Crippen LogP contribution in [0.1, 0.15) is 33.6 Å². The lowest BCUT2D eigenvalue weighted by molar-refractivity contribution is 0.0790. The average Bonchev–Trinajstić information content (AvgIpc) is 3.30. The first-order valence-electron chi connectivity index (χ1n) is 10.8. The van der Waals surface area contributed by atoms with Gasteiger partial charge in [0.15, 0.2) is 0 Å². The van der Waals surface area contributed by atoms with Gasteiger partial charge >= 0.3 is 0 Å². The van der Waals surface area contributed by atoms with E-state index in [4.69, 9.17) is 0 Å². The molecule has 162 valence electrons. The van der Waals surface area contributed by atoms with Gasteiger partial charge in [-0.15, -0.1) is 0 Å². The molecule has 0 aliphatic rings. The van der Waals surface area contributed by atoms with Gasteiger partial charge in [-0.25, -0.2) is 0 Å². The van der Waals surface area contributed by atoms with Crippen molar-refractivity contribution < 1.29 is 9.90 Å². The van der Waals surface area contributed by atoms with Crippen molar-refractivity contribution in [2.24, 2.45) is 0 Å². The maximum atomic E-state index is 12.9. The van der Waals surface area contributed by atoms with Crippen LogP contribution in [-0.4, -0.2) is 39.7 Å². The number of aromatic nitrogens is 2. The van der Waals surface area contributed by atoms with E-state index in [0.717, 1.165) is 35.4 Å². The smallest absolute Gasteiger partial charge is 0.257 e. The van der Waals surface area contributed by atoms with E-state index in [1.165, 1.54) is 5.56 Å². The number of nitrogens with zero attached hydrogens (tertiary/aromatic N) is 2. The number of aromatic amines is 1. The van der Waals surface area contributed by atoms with Crippen LogP contribution in [-0.2, 0) is 12.8 Å². The number of phenolic OH excluding ortho intramolecular Hbond substituents is 1. The number of amides is 1. The van der Waals surface area contributed by atoms with Gasteiger partial charge in [0.2, 0.25) is 0 Å². The van der Waals surface area contributed by atoms with E-state index in [2.05, 4.69) is 28.4 Å². The molecule has 5 heteroatoms. The van der Waals surface area contributed by atoms with Crippen molar-refractivity contribution >= 4 is 5.91 Å². The topological polar surface area (TPSA) is 69.2 Å². The number of rotatable bonds is 8. The van der Waals surface area contributed by atoms with Crippen LogP contribution in [0.5, 0.6) is 5.75 Å². The lowest BCUT2D eigenvalue weighted by atomic mass is 10.0. The number of benzene rings is 3. The van der Waals surface area contributed by atoms with Crippen LogP contribution in [0.25, 0.3) is 11.3 Å². The molecule has 0 saturated heterocycles. The fourth-order valence-electron chi connectivity index (χ4n) is 3.76. The lowest BCUT2D eigenvalue weighted by Gasteiger charge is -2.18. The number of aryl methyl sites for hydroxylation is 1. The van der Waals surface area contributed by atoms with Crippen molar-refractivity contribution in [1.29, 1.82) is 0 Å². The Morgan fingerprint density at radius 2 is 1.66 bits per heavy atom. The van der Waals surface area contributed by atoms with Crippen LogP contribution >= 0.6 is 0 Å². The highest BCUT2D eigenvalue weighted by Crippen LogP contribution is 2.22. The number of aromatic hydroxyl groups is 1. The van der Waals surface area contributed by atoms with Crippen LogP contribution in [0.2, 0.25) is 0 Å².